The zero-order valence-corrected chi connectivity index (χ0v) is 21.5. The van der Waals surface area contributed by atoms with Crippen molar-refractivity contribution in [2.75, 3.05) is 45.3 Å². The van der Waals surface area contributed by atoms with Gasteiger partial charge in [-0.15, -0.1) is 0 Å². The number of ether oxygens (including phenoxy) is 2. The summed E-state index contributed by atoms with van der Waals surface area (Å²) in [5, 5.41) is 4.09. The van der Waals surface area contributed by atoms with E-state index in [4.69, 9.17) is 14.5 Å². The van der Waals surface area contributed by atoms with Crippen molar-refractivity contribution in [1.29, 1.82) is 0 Å². The number of pyridine rings is 1. The monoisotopic (exact) mass is 507 g/mol. The van der Waals surface area contributed by atoms with Crippen molar-refractivity contribution < 1.29 is 14.3 Å². The number of amides is 1. The first-order valence-corrected chi connectivity index (χ1v) is 11.4. The van der Waals surface area contributed by atoms with E-state index in [1.54, 1.807) is 41.4 Å². The van der Waals surface area contributed by atoms with Crippen molar-refractivity contribution in [2.24, 2.45) is 7.05 Å². The third-order valence-electron chi connectivity index (χ3n) is 5.89. The molecule has 5 rings (SSSR count). The molecule has 0 unspecified atom stereocenters. The summed E-state index contributed by atoms with van der Waals surface area (Å²) in [6, 6.07) is 10.0. The fourth-order valence-corrected chi connectivity index (χ4v) is 4.01. The topological polar surface area (TPSA) is 98.5 Å². The van der Waals surface area contributed by atoms with Crippen molar-refractivity contribution in [1.82, 2.24) is 29.6 Å². The first-order valence-electron chi connectivity index (χ1n) is 11.4. The Labute approximate surface area is 216 Å². The standard InChI is InChI=1S/C25H27N7O3.H2S/c1-30(2)19-6-4-17(5-7-19)21-12-22-23(27-9-8-26-22)24(29-21)35-16-20-15-32(10-11-34-20)25(33)18-13-28-31(3)14-18;/h4-9,12-14,20H,10-11,15-16H2,1-3H3;1H2/t20-;/m0./s1. The van der Waals surface area contributed by atoms with Gasteiger partial charge in [-0.3, -0.25) is 14.5 Å². The minimum Gasteiger partial charge on any atom is -0.473 e. The molecular weight excluding hydrogens is 478 g/mol. The maximum absolute atomic E-state index is 12.8. The Kier molecular flexibility index (Phi) is 7.70. The fourth-order valence-electron chi connectivity index (χ4n) is 4.01. The van der Waals surface area contributed by atoms with Crippen LogP contribution in [0.25, 0.3) is 22.3 Å². The average molecular weight is 508 g/mol. The number of carbonyl (C=O) groups is 1. The average Bonchev–Trinajstić information content (AvgIpc) is 3.33. The van der Waals surface area contributed by atoms with Gasteiger partial charge in [0.15, 0.2) is 5.52 Å². The molecule has 36 heavy (non-hydrogen) atoms. The number of carbonyl (C=O) groups excluding carboxylic acids is 1. The first-order chi connectivity index (χ1) is 17.0. The number of hydrogen-bond donors (Lipinski definition) is 0. The van der Waals surface area contributed by atoms with Gasteiger partial charge in [0.1, 0.15) is 12.7 Å². The number of anilines is 1. The van der Waals surface area contributed by atoms with E-state index in [0.29, 0.717) is 42.2 Å². The molecule has 0 aliphatic carbocycles. The Bertz CT molecular complexity index is 1340. The van der Waals surface area contributed by atoms with Gasteiger partial charge in [0.2, 0.25) is 5.88 Å². The number of morpholine rings is 1. The van der Waals surface area contributed by atoms with Crippen molar-refractivity contribution in [3.05, 3.63) is 60.7 Å². The predicted octanol–water partition coefficient (Wildman–Crippen LogP) is 2.52. The summed E-state index contributed by atoms with van der Waals surface area (Å²) in [6.07, 6.45) is 6.27. The second-order valence-corrected chi connectivity index (χ2v) is 8.64. The Balaban J connectivity index is 0.00000304. The van der Waals surface area contributed by atoms with E-state index in [0.717, 1.165) is 16.9 Å². The fraction of sp³-hybridized carbons (Fsp3) is 0.320. The van der Waals surface area contributed by atoms with E-state index in [-0.39, 0.29) is 32.1 Å². The third kappa shape index (κ3) is 5.42. The highest BCUT2D eigenvalue weighted by molar-refractivity contribution is 7.59. The minimum atomic E-state index is -0.291. The zero-order valence-electron chi connectivity index (χ0n) is 20.5. The molecule has 1 aliphatic heterocycles. The van der Waals surface area contributed by atoms with E-state index < -0.39 is 0 Å². The molecule has 10 nitrogen and oxygen atoms in total. The number of aryl methyl sites for hydroxylation is 1. The molecule has 0 saturated carbocycles. The lowest BCUT2D eigenvalue weighted by Crippen LogP contribution is -2.47. The van der Waals surface area contributed by atoms with E-state index in [9.17, 15) is 4.79 Å². The number of aromatic nitrogens is 5. The molecular formula is C25H29N7O3S. The number of rotatable bonds is 6. The van der Waals surface area contributed by atoms with Gasteiger partial charge in [-0.25, -0.2) is 9.97 Å². The van der Waals surface area contributed by atoms with Gasteiger partial charge in [-0.1, -0.05) is 12.1 Å². The van der Waals surface area contributed by atoms with Crippen molar-refractivity contribution in [2.45, 2.75) is 6.10 Å². The lowest BCUT2D eigenvalue weighted by atomic mass is 10.1. The molecule has 1 atom stereocenters. The van der Waals surface area contributed by atoms with E-state index in [1.807, 2.05) is 49.3 Å². The molecule has 4 heterocycles. The van der Waals surface area contributed by atoms with Crippen LogP contribution in [0.4, 0.5) is 5.69 Å². The van der Waals surface area contributed by atoms with Gasteiger partial charge in [0, 0.05) is 57.5 Å². The van der Waals surface area contributed by atoms with Crippen LogP contribution in [0.5, 0.6) is 5.88 Å². The van der Waals surface area contributed by atoms with Gasteiger partial charge in [-0.2, -0.15) is 18.6 Å². The highest BCUT2D eigenvalue weighted by atomic mass is 32.1. The molecule has 4 aromatic rings. The lowest BCUT2D eigenvalue weighted by molar-refractivity contribution is -0.0405. The van der Waals surface area contributed by atoms with E-state index >= 15 is 0 Å². The molecule has 1 saturated heterocycles. The minimum absolute atomic E-state index is 0. The van der Waals surface area contributed by atoms with Gasteiger partial charge in [0.25, 0.3) is 5.91 Å². The Morgan fingerprint density at radius 2 is 1.97 bits per heavy atom. The van der Waals surface area contributed by atoms with Crippen molar-refractivity contribution >= 4 is 36.1 Å². The van der Waals surface area contributed by atoms with Crippen LogP contribution in [0, 0.1) is 0 Å². The highest BCUT2D eigenvalue weighted by Crippen LogP contribution is 2.28. The second-order valence-electron chi connectivity index (χ2n) is 8.64. The van der Waals surface area contributed by atoms with Gasteiger partial charge < -0.3 is 19.3 Å². The molecule has 1 amide bonds. The molecule has 0 bridgehead atoms. The Morgan fingerprint density at radius 1 is 1.19 bits per heavy atom. The van der Waals surface area contributed by atoms with E-state index in [1.165, 1.54) is 0 Å². The summed E-state index contributed by atoms with van der Waals surface area (Å²) in [5.41, 5.74) is 4.64. The summed E-state index contributed by atoms with van der Waals surface area (Å²) >= 11 is 0. The van der Waals surface area contributed by atoms with Crippen LogP contribution >= 0.6 is 13.5 Å². The molecule has 1 aromatic carbocycles. The van der Waals surface area contributed by atoms with Crippen LogP contribution in [0.3, 0.4) is 0 Å². The summed E-state index contributed by atoms with van der Waals surface area (Å²) in [7, 11) is 5.80. The number of nitrogens with zero attached hydrogens (tertiary/aromatic N) is 7. The van der Waals surface area contributed by atoms with Gasteiger partial charge in [-0.05, 0) is 18.2 Å². The second kappa shape index (κ2) is 10.9. The zero-order chi connectivity index (χ0) is 24.4. The largest absolute Gasteiger partial charge is 0.473 e. The van der Waals surface area contributed by atoms with Crippen LogP contribution < -0.4 is 9.64 Å². The highest BCUT2D eigenvalue weighted by Gasteiger charge is 2.26. The van der Waals surface area contributed by atoms with Crippen molar-refractivity contribution in [3.63, 3.8) is 0 Å². The predicted molar refractivity (Wildman–Crippen MR) is 142 cm³/mol. The summed E-state index contributed by atoms with van der Waals surface area (Å²) in [5.74, 6) is 0.325. The molecule has 0 spiro atoms. The SMILES string of the molecule is CN(C)c1ccc(-c2cc3nccnc3c(OC[C@@H]3CN(C(=O)c4cnn(C)c4)CCO3)n2)cc1.S. The number of fused-ring (bicyclic) bond motifs is 1. The van der Waals surface area contributed by atoms with Crippen molar-refractivity contribution in [3.8, 4) is 17.1 Å². The van der Waals surface area contributed by atoms with Crippen LogP contribution in [0.15, 0.2) is 55.1 Å². The van der Waals surface area contributed by atoms with Gasteiger partial charge in [0.05, 0.1) is 36.1 Å². The maximum atomic E-state index is 12.8. The summed E-state index contributed by atoms with van der Waals surface area (Å²) in [6.45, 7) is 1.61. The van der Waals surface area contributed by atoms with Crippen LogP contribution in [-0.2, 0) is 11.8 Å². The summed E-state index contributed by atoms with van der Waals surface area (Å²) < 4.78 is 13.6. The Hall–Kier alpha value is -3.70. The van der Waals surface area contributed by atoms with Crippen LogP contribution in [0.1, 0.15) is 10.4 Å². The normalized spacial score (nSPS) is 15.4. The van der Waals surface area contributed by atoms with E-state index in [2.05, 4.69) is 15.1 Å². The number of benzene rings is 1. The molecule has 1 aliphatic rings. The Morgan fingerprint density at radius 3 is 2.69 bits per heavy atom. The number of hydrogen-bond acceptors (Lipinski definition) is 8. The molecule has 0 N–H and O–H groups in total. The lowest BCUT2D eigenvalue weighted by Gasteiger charge is -2.32. The molecule has 0 radical (unpaired) electrons. The molecule has 3 aromatic heterocycles. The summed E-state index contributed by atoms with van der Waals surface area (Å²) in [4.78, 5) is 30.3. The quantitative estimate of drug-likeness (QED) is 0.393. The smallest absolute Gasteiger partial charge is 0.257 e. The van der Waals surface area contributed by atoms with Gasteiger partial charge >= 0.3 is 0 Å². The third-order valence-corrected chi connectivity index (χ3v) is 5.89. The maximum Gasteiger partial charge on any atom is 0.257 e. The molecule has 188 valence electrons. The molecule has 1 fully saturated rings. The molecule has 11 heteroatoms. The first kappa shape index (κ1) is 25.4. The van der Waals surface area contributed by atoms with Crippen LogP contribution in [0.2, 0.25) is 0 Å². The van der Waals surface area contributed by atoms with Crippen LogP contribution in [-0.4, -0.2) is 82.0 Å².